The van der Waals surface area contributed by atoms with Crippen molar-refractivity contribution in [2.45, 2.75) is 27.2 Å². The summed E-state index contributed by atoms with van der Waals surface area (Å²) in [7, 11) is 0. The summed E-state index contributed by atoms with van der Waals surface area (Å²) in [6.45, 7) is 7.94. The summed E-state index contributed by atoms with van der Waals surface area (Å²) in [5.74, 6) is 2.83. The van der Waals surface area contributed by atoms with Gasteiger partial charge in [-0.3, -0.25) is 4.79 Å². The van der Waals surface area contributed by atoms with Gasteiger partial charge in [-0.1, -0.05) is 13.8 Å². The molecule has 7 nitrogen and oxygen atoms in total. The molecule has 7 heteroatoms. The molecule has 3 rings (SSSR count). The molecule has 1 aromatic heterocycles. The summed E-state index contributed by atoms with van der Waals surface area (Å²) in [5, 5.41) is 6.09. The third-order valence-corrected chi connectivity index (χ3v) is 3.90. The Morgan fingerprint density at radius 2 is 1.92 bits per heavy atom. The number of ether oxygens (including phenoxy) is 2. The summed E-state index contributed by atoms with van der Waals surface area (Å²) in [6, 6.07) is 6.98. The molecule has 26 heavy (non-hydrogen) atoms. The van der Waals surface area contributed by atoms with E-state index < -0.39 is 0 Å². The van der Waals surface area contributed by atoms with Gasteiger partial charge in [0.15, 0.2) is 11.5 Å². The predicted molar refractivity (Wildman–Crippen MR) is 100 cm³/mol. The minimum absolute atomic E-state index is 0.293. The molecule has 0 saturated heterocycles. The number of aromatic nitrogens is 2. The Kier molecular flexibility index (Phi) is 5.55. The molecule has 0 fully saturated rings. The van der Waals surface area contributed by atoms with E-state index in [1.165, 1.54) is 0 Å². The number of carbonyl (C=O) groups excluding carboxylic acids is 1. The van der Waals surface area contributed by atoms with Gasteiger partial charge in [0, 0.05) is 24.4 Å². The van der Waals surface area contributed by atoms with Gasteiger partial charge in [-0.2, -0.15) is 0 Å². The zero-order valence-electron chi connectivity index (χ0n) is 15.3. The molecule has 0 saturated carbocycles. The van der Waals surface area contributed by atoms with E-state index in [0.29, 0.717) is 53.7 Å². The molecule has 0 aliphatic carbocycles. The summed E-state index contributed by atoms with van der Waals surface area (Å²) < 4.78 is 11.0. The number of fused-ring (bicyclic) bond motifs is 1. The standard InChI is InChI=1S/C19H24N4O3/c1-12(2)6-7-20-18-11-15(21-13(3)22-18)19(24)23-14-4-5-16-17(10-14)26-9-8-25-16/h4-5,10-12H,6-9H2,1-3H3,(H,23,24)(H,20,21,22). The predicted octanol–water partition coefficient (Wildman–Crippen LogP) is 3.27. The number of hydrogen-bond donors (Lipinski definition) is 2. The first-order chi connectivity index (χ1) is 12.5. The van der Waals surface area contributed by atoms with E-state index in [4.69, 9.17) is 9.47 Å². The molecule has 0 atom stereocenters. The Bertz CT molecular complexity index is 792. The second kappa shape index (κ2) is 8.03. The summed E-state index contributed by atoms with van der Waals surface area (Å²) in [5.41, 5.74) is 0.948. The van der Waals surface area contributed by atoms with Crippen LogP contribution in [0.25, 0.3) is 0 Å². The van der Waals surface area contributed by atoms with Crippen LogP contribution in [0.2, 0.25) is 0 Å². The van der Waals surface area contributed by atoms with E-state index in [0.717, 1.165) is 13.0 Å². The van der Waals surface area contributed by atoms with Crippen LogP contribution in [-0.4, -0.2) is 35.6 Å². The van der Waals surface area contributed by atoms with E-state index in [1.807, 2.05) is 0 Å². The van der Waals surface area contributed by atoms with E-state index in [2.05, 4.69) is 34.4 Å². The molecule has 2 N–H and O–H groups in total. The van der Waals surface area contributed by atoms with E-state index in [1.54, 1.807) is 31.2 Å². The number of aryl methyl sites for hydroxylation is 1. The smallest absolute Gasteiger partial charge is 0.274 e. The number of benzene rings is 1. The Morgan fingerprint density at radius 3 is 2.69 bits per heavy atom. The highest BCUT2D eigenvalue weighted by atomic mass is 16.6. The average molecular weight is 356 g/mol. The van der Waals surface area contributed by atoms with E-state index in [-0.39, 0.29) is 5.91 Å². The lowest BCUT2D eigenvalue weighted by molar-refractivity contribution is 0.102. The van der Waals surface area contributed by atoms with Crippen LogP contribution in [0.15, 0.2) is 24.3 Å². The average Bonchev–Trinajstić information content (AvgIpc) is 2.61. The molecule has 0 unspecified atom stereocenters. The lowest BCUT2D eigenvalue weighted by Crippen LogP contribution is -2.18. The first kappa shape index (κ1) is 18.0. The Morgan fingerprint density at radius 1 is 1.15 bits per heavy atom. The van der Waals surface area contributed by atoms with Gasteiger partial charge in [0.2, 0.25) is 0 Å². The van der Waals surface area contributed by atoms with Gasteiger partial charge in [-0.25, -0.2) is 9.97 Å². The van der Waals surface area contributed by atoms with Crippen molar-refractivity contribution in [1.82, 2.24) is 9.97 Å². The first-order valence-electron chi connectivity index (χ1n) is 8.82. The van der Waals surface area contributed by atoms with Crippen LogP contribution in [-0.2, 0) is 0 Å². The molecule has 138 valence electrons. The molecule has 0 radical (unpaired) electrons. The summed E-state index contributed by atoms with van der Waals surface area (Å²) in [6.07, 6.45) is 1.03. The third-order valence-electron chi connectivity index (χ3n) is 3.90. The van der Waals surface area contributed by atoms with Gasteiger partial charge in [-0.05, 0) is 31.4 Å². The van der Waals surface area contributed by atoms with Crippen molar-refractivity contribution in [1.29, 1.82) is 0 Å². The Hall–Kier alpha value is -2.83. The van der Waals surface area contributed by atoms with E-state index >= 15 is 0 Å². The van der Waals surface area contributed by atoms with Crippen LogP contribution in [0.3, 0.4) is 0 Å². The first-order valence-corrected chi connectivity index (χ1v) is 8.82. The highest BCUT2D eigenvalue weighted by Gasteiger charge is 2.15. The molecular formula is C19H24N4O3. The normalized spacial score (nSPS) is 12.8. The molecule has 1 aliphatic rings. The maximum atomic E-state index is 12.6. The summed E-state index contributed by atoms with van der Waals surface area (Å²) >= 11 is 0. The maximum absolute atomic E-state index is 12.6. The van der Waals surface area contributed by atoms with Crippen molar-refractivity contribution >= 4 is 17.4 Å². The number of hydrogen-bond acceptors (Lipinski definition) is 6. The van der Waals surface area contributed by atoms with Gasteiger partial charge >= 0.3 is 0 Å². The minimum atomic E-state index is -0.293. The molecule has 2 aromatic rings. The van der Waals surface area contributed by atoms with E-state index in [9.17, 15) is 4.79 Å². The molecule has 1 aliphatic heterocycles. The van der Waals surface area contributed by atoms with Crippen LogP contribution < -0.4 is 20.1 Å². The van der Waals surface area contributed by atoms with Crippen molar-refractivity contribution in [2.24, 2.45) is 5.92 Å². The zero-order chi connectivity index (χ0) is 18.5. The van der Waals surface area contributed by atoms with Gasteiger partial charge in [0.25, 0.3) is 5.91 Å². The third kappa shape index (κ3) is 4.62. The number of anilines is 2. The molecule has 1 aromatic carbocycles. The number of rotatable bonds is 6. The lowest BCUT2D eigenvalue weighted by Gasteiger charge is -2.19. The number of nitrogens with zero attached hydrogens (tertiary/aromatic N) is 2. The Labute approximate surface area is 153 Å². The van der Waals surface area contributed by atoms with Gasteiger partial charge in [-0.15, -0.1) is 0 Å². The molecule has 0 bridgehead atoms. The van der Waals surface area contributed by atoms with Crippen LogP contribution in [0.1, 0.15) is 36.6 Å². The van der Waals surface area contributed by atoms with Gasteiger partial charge in [0.05, 0.1) is 0 Å². The second-order valence-electron chi connectivity index (χ2n) is 6.61. The van der Waals surface area contributed by atoms with Crippen molar-refractivity contribution in [3.05, 3.63) is 35.8 Å². The monoisotopic (exact) mass is 356 g/mol. The lowest BCUT2D eigenvalue weighted by atomic mass is 10.1. The topological polar surface area (TPSA) is 85.4 Å². The van der Waals surface area contributed by atoms with Crippen LogP contribution in [0, 0.1) is 12.8 Å². The second-order valence-corrected chi connectivity index (χ2v) is 6.61. The fourth-order valence-corrected chi connectivity index (χ4v) is 2.58. The number of amides is 1. The zero-order valence-corrected chi connectivity index (χ0v) is 15.3. The van der Waals surface area contributed by atoms with Gasteiger partial charge in [0.1, 0.15) is 30.5 Å². The van der Waals surface area contributed by atoms with Crippen molar-refractivity contribution in [2.75, 3.05) is 30.4 Å². The molecular weight excluding hydrogens is 332 g/mol. The fraction of sp³-hybridized carbons (Fsp3) is 0.421. The Balaban J connectivity index is 1.70. The minimum Gasteiger partial charge on any atom is -0.486 e. The van der Waals surface area contributed by atoms with Crippen molar-refractivity contribution in [3.63, 3.8) is 0 Å². The van der Waals surface area contributed by atoms with Crippen LogP contribution in [0.4, 0.5) is 11.5 Å². The van der Waals surface area contributed by atoms with Crippen LogP contribution in [0.5, 0.6) is 11.5 Å². The van der Waals surface area contributed by atoms with Crippen molar-refractivity contribution < 1.29 is 14.3 Å². The quantitative estimate of drug-likeness (QED) is 0.826. The SMILES string of the molecule is Cc1nc(NCCC(C)C)cc(C(=O)Nc2ccc3c(c2)OCCO3)n1. The molecule has 1 amide bonds. The maximum Gasteiger partial charge on any atom is 0.274 e. The number of carbonyl (C=O) groups is 1. The molecule has 2 heterocycles. The number of nitrogens with one attached hydrogen (secondary N) is 2. The molecule has 0 spiro atoms. The fourth-order valence-electron chi connectivity index (χ4n) is 2.58. The highest BCUT2D eigenvalue weighted by molar-refractivity contribution is 6.03. The van der Waals surface area contributed by atoms with Crippen LogP contribution >= 0.6 is 0 Å². The van der Waals surface area contributed by atoms with Gasteiger partial charge < -0.3 is 20.1 Å². The highest BCUT2D eigenvalue weighted by Crippen LogP contribution is 2.32. The summed E-state index contributed by atoms with van der Waals surface area (Å²) in [4.78, 5) is 21.1. The van der Waals surface area contributed by atoms with Crippen molar-refractivity contribution in [3.8, 4) is 11.5 Å². The largest absolute Gasteiger partial charge is 0.486 e.